The maximum atomic E-state index is 12.5. The van der Waals surface area contributed by atoms with Gasteiger partial charge in [0.25, 0.3) is 0 Å². The zero-order chi connectivity index (χ0) is 23.5. The van der Waals surface area contributed by atoms with Gasteiger partial charge in [0.2, 0.25) is 11.1 Å². The highest BCUT2D eigenvalue weighted by Gasteiger charge is 2.15. The van der Waals surface area contributed by atoms with Gasteiger partial charge in [0, 0.05) is 28.7 Å². The number of rotatable bonds is 7. The Hall–Kier alpha value is -4.04. The lowest BCUT2D eigenvalue weighted by Gasteiger charge is -2.06. The number of ketones is 1. The summed E-state index contributed by atoms with van der Waals surface area (Å²) >= 11 is 1.23. The fourth-order valence-corrected chi connectivity index (χ4v) is 4.44. The average Bonchev–Trinajstić information content (AvgIpc) is 3.21. The molecular weight excluding hydrogens is 446 g/mol. The van der Waals surface area contributed by atoms with Crippen molar-refractivity contribution < 1.29 is 9.59 Å². The molecule has 7 nitrogen and oxygen atoms in total. The van der Waals surface area contributed by atoms with E-state index in [0.717, 1.165) is 28.6 Å². The summed E-state index contributed by atoms with van der Waals surface area (Å²) in [5, 5.41) is 12.9. The Kier molecular flexibility index (Phi) is 6.05. The lowest BCUT2D eigenvalue weighted by molar-refractivity contribution is -0.113. The van der Waals surface area contributed by atoms with Crippen molar-refractivity contribution in [2.75, 3.05) is 11.1 Å². The molecule has 0 aliphatic carbocycles. The molecule has 0 saturated carbocycles. The molecule has 3 aromatic carbocycles. The van der Waals surface area contributed by atoms with E-state index in [9.17, 15) is 9.59 Å². The van der Waals surface area contributed by atoms with Gasteiger partial charge in [-0.05, 0) is 37.3 Å². The third-order valence-corrected chi connectivity index (χ3v) is 6.31. The van der Waals surface area contributed by atoms with E-state index in [1.807, 2.05) is 42.5 Å². The van der Waals surface area contributed by atoms with Gasteiger partial charge in [-0.25, -0.2) is 4.98 Å². The highest BCUT2D eigenvalue weighted by Crippen LogP contribution is 2.27. The number of para-hydroxylation sites is 1. The normalized spacial score (nSPS) is 11.1. The molecule has 0 aliphatic heterocycles. The van der Waals surface area contributed by atoms with Gasteiger partial charge in [-0.15, -0.1) is 10.2 Å². The second kappa shape index (κ2) is 9.44. The number of aryl methyl sites for hydroxylation is 1. The quantitative estimate of drug-likeness (QED) is 0.269. The van der Waals surface area contributed by atoms with E-state index < -0.39 is 0 Å². The van der Waals surface area contributed by atoms with Crippen LogP contribution in [0, 0.1) is 0 Å². The van der Waals surface area contributed by atoms with Gasteiger partial charge >= 0.3 is 0 Å². The Balaban J connectivity index is 1.25. The van der Waals surface area contributed by atoms with Gasteiger partial charge in [-0.2, -0.15) is 0 Å². The minimum absolute atomic E-state index is 0.0569. The van der Waals surface area contributed by atoms with E-state index in [1.54, 1.807) is 36.4 Å². The Morgan fingerprint density at radius 3 is 2.35 bits per heavy atom. The molecule has 8 heteroatoms. The lowest BCUT2D eigenvalue weighted by atomic mass is 10.0. The number of hydrogen-bond donors (Lipinski definition) is 1. The molecule has 1 amide bonds. The zero-order valence-corrected chi connectivity index (χ0v) is 19.2. The summed E-state index contributed by atoms with van der Waals surface area (Å²) in [4.78, 5) is 29.7. The van der Waals surface area contributed by atoms with Crippen LogP contribution >= 0.6 is 11.8 Å². The second-order valence-corrected chi connectivity index (χ2v) is 8.58. The molecule has 0 bridgehead atoms. The van der Waals surface area contributed by atoms with Crippen LogP contribution in [-0.2, 0) is 11.3 Å². The third kappa shape index (κ3) is 4.27. The van der Waals surface area contributed by atoms with Crippen molar-refractivity contribution in [3.05, 3.63) is 90.0 Å². The summed E-state index contributed by atoms with van der Waals surface area (Å²) in [6, 6.07) is 24.0. The van der Waals surface area contributed by atoms with E-state index in [4.69, 9.17) is 0 Å². The molecule has 168 valence electrons. The number of carbonyl (C=O) groups excluding carboxylic acids is 2. The molecule has 2 aromatic heterocycles. The number of thioether (sulfide) groups is 1. The molecule has 1 N–H and O–H groups in total. The number of nitrogens with one attached hydrogen (secondary N) is 1. The predicted octanol–water partition coefficient (Wildman–Crippen LogP) is 4.96. The van der Waals surface area contributed by atoms with Crippen molar-refractivity contribution in [1.82, 2.24) is 19.7 Å². The smallest absolute Gasteiger partial charge is 0.234 e. The van der Waals surface area contributed by atoms with Crippen LogP contribution in [0.25, 0.3) is 22.1 Å². The molecule has 0 spiro atoms. The molecule has 0 fully saturated rings. The molecule has 0 saturated heterocycles. The van der Waals surface area contributed by atoms with Crippen LogP contribution in [0.4, 0.5) is 5.69 Å². The maximum absolute atomic E-state index is 12.5. The molecular formula is C26H21N5O2S. The van der Waals surface area contributed by atoms with Gasteiger partial charge in [0.15, 0.2) is 11.4 Å². The number of anilines is 1. The van der Waals surface area contributed by atoms with Crippen LogP contribution in [0.2, 0.25) is 0 Å². The monoisotopic (exact) mass is 467 g/mol. The summed E-state index contributed by atoms with van der Waals surface area (Å²) in [5.74, 6) is -0.102. The molecule has 2 heterocycles. The Bertz CT molecular complexity index is 1500. The van der Waals surface area contributed by atoms with E-state index in [2.05, 4.69) is 32.0 Å². The number of hydrogen-bond acceptors (Lipinski definition) is 6. The van der Waals surface area contributed by atoms with Crippen LogP contribution in [0.5, 0.6) is 0 Å². The third-order valence-electron chi connectivity index (χ3n) is 5.47. The average molecular weight is 468 g/mol. The molecule has 0 unspecified atom stereocenters. The van der Waals surface area contributed by atoms with Gasteiger partial charge in [0.05, 0.1) is 11.3 Å². The van der Waals surface area contributed by atoms with Crippen molar-refractivity contribution in [3.63, 3.8) is 0 Å². The largest absolute Gasteiger partial charge is 0.325 e. The first-order chi connectivity index (χ1) is 16.6. The van der Waals surface area contributed by atoms with Gasteiger partial charge in [0.1, 0.15) is 5.52 Å². The molecule has 5 aromatic rings. The molecule has 0 radical (unpaired) electrons. The Morgan fingerprint density at radius 1 is 0.882 bits per heavy atom. The van der Waals surface area contributed by atoms with Crippen LogP contribution in [-0.4, -0.2) is 37.2 Å². The van der Waals surface area contributed by atoms with Crippen molar-refractivity contribution in [2.45, 2.75) is 18.6 Å². The summed E-state index contributed by atoms with van der Waals surface area (Å²) < 4.78 is 2.10. The van der Waals surface area contributed by atoms with Crippen molar-refractivity contribution in [3.8, 4) is 0 Å². The number of carbonyl (C=O) groups is 2. The minimum atomic E-state index is -0.188. The van der Waals surface area contributed by atoms with E-state index in [0.29, 0.717) is 22.0 Å². The predicted molar refractivity (Wildman–Crippen MR) is 134 cm³/mol. The number of nitrogens with zero attached hydrogens (tertiary/aromatic N) is 4. The van der Waals surface area contributed by atoms with Crippen LogP contribution in [0.3, 0.4) is 0 Å². The highest BCUT2D eigenvalue weighted by molar-refractivity contribution is 7.99. The van der Waals surface area contributed by atoms with Crippen LogP contribution in [0.15, 0.2) is 84.0 Å². The number of aromatic nitrogens is 4. The van der Waals surface area contributed by atoms with E-state index in [-0.39, 0.29) is 17.4 Å². The van der Waals surface area contributed by atoms with Gasteiger partial charge < -0.3 is 9.88 Å². The fraction of sp³-hybridized carbons (Fsp3) is 0.115. The van der Waals surface area contributed by atoms with Gasteiger partial charge in [-0.1, -0.05) is 60.3 Å². The SMILES string of the molecule is CCn1c2ccccc2c2nnc(SCC(=O)Nc3ccc(C(=O)c4ccccc4)cc3)nc21. The van der Waals surface area contributed by atoms with E-state index >= 15 is 0 Å². The standard InChI is InChI=1S/C26H21N5O2S/c1-2-31-21-11-7-6-10-20(21)23-25(31)28-26(30-29-23)34-16-22(32)27-19-14-12-18(13-15-19)24(33)17-8-4-3-5-9-17/h3-15H,2,16H2,1H3,(H,27,32). The summed E-state index contributed by atoms with van der Waals surface area (Å²) in [7, 11) is 0. The van der Waals surface area contributed by atoms with Crippen molar-refractivity contribution >= 4 is 51.2 Å². The van der Waals surface area contributed by atoms with Gasteiger partial charge in [-0.3, -0.25) is 9.59 Å². The first-order valence-corrected chi connectivity index (χ1v) is 11.9. The maximum Gasteiger partial charge on any atom is 0.234 e. The van der Waals surface area contributed by atoms with Crippen molar-refractivity contribution in [1.29, 1.82) is 0 Å². The zero-order valence-electron chi connectivity index (χ0n) is 18.4. The molecule has 0 atom stereocenters. The second-order valence-electron chi connectivity index (χ2n) is 7.64. The van der Waals surface area contributed by atoms with Crippen LogP contribution in [0.1, 0.15) is 22.8 Å². The Labute approximate surface area is 200 Å². The highest BCUT2D eigenvalue weighted by atomic mass is 32.2. The van der Waals surface area contributed by atoms with E-state index in [1.165, 1.54) is 11.8 Å². The number of benzene rings is 3. The van der Waals surface area contributed by atoms with Crippen LogP contribution < -0.4 is 5.32 Å². The summed E-state index contributed by atoms with van der Waals surface area (Å²) in [5.41, 5.74) is 4.41. The first kappa shape index (κ1) is 21.8. The molecule has 0 aliphatic rings. The fourth-order valence-electron chi connectivity index (χ4n) is 3.86. The minimum Gasteiger partial charge on any atom is -0.325 e. The molecule has 5 rings (SSSR count). The summed E-state index contributed by atoms with van der Waals surface area (Å²) in [6.07, 6.45) is 0. The summed E-state index contributed by atoms with van der Waals surface area (Å²) in [6.45, 7) is 2.82. The number of amides is 1. The Morgan fingerprint density at radius 2 is 1.59 bits per heavy atom. The first-order valence-electron chi connectivity index (χ1n) is 10.9. The lowest BCUT2D eigenvalue weighted by Crippen LogP contribution is -2.14. The molecule has 34 heavy (non-hydrogen) atoms. The topological polar surface area (TPSA) is 89.8 Å². The number of fused-ring (bicyclic) bond motifs is 3. The van der Waals surface area contributed by atoms with Crippen molar-refractivity contribution in [2.24, 2.45) is 0 Å².